The first kappa shape index (κ1) is 23.5. The van der Waals surface area contributed by atoms with Crippen molar-refractivity contribution in [2.75, 3.05) is 20.8 Å². The van der Waals surface area contributed by atoms with Gasteiger partial charge in [-0.05, 0) is 49.7 Å². The summed E-state index contributed by atoms with van der Waals surface area (Å²) in [5, 5.41) is 9.73. The van der Waals surface area contributed by atoms with Gasteiger partial charge in [-0.25, -0.2) is 4.79 Å². The lowest BCUT2D eigenvalue weighted by atomic mass is 9.82. The van der Waals surface area contributed by atoms with Gasteiger partial charge in [-0.2, -0.15) is 5.26 Å². The number of benzene rings is 2. The Kier molecular flexibility index (Phi) is 7.46. The number of esters is 1. The van der Waals surface area contributed by atoms with Gasteiger partial charge in [-0.1, -0.05) is 12.1 Å². The van der Waals surface area contributed by atoms with Crippen LogP contribution in [-0.4, -0.2) is 26.8 Å². The first-order chi connectivity index (χ1) is 15.9. The number of allylic oxidation sites excluding steroid dienone is 2. The molecule has 1 heterocycles. The van der Waals surface area contributed by atoms with Crippen LogP contribution in [0.1, 0.15) is 30.9 Å². The molecule has 2 aromatic carbocycles. The maximum Gasteiger partial charge on any atom is 0.338 e. The van der Waals surface area contributed by atoms with E-state index in [0.29, 0.717) is 22.8 Å². The highest BCUT2D eigenvalue weighted by molar-refractivity contribution is 5.92. The van der Waals surface area contributed by atoms with Crippen molar-refractivity contribution in [2.24, 2.45) is 5.73 Å². The average molecular weight is 450 g/mol. The number of carbonyl (C=O) groups excluding carboxylic acids is 1. The van der Waals surface area contributed by atoms with Gasteiger partial charge in [-0.3, -0.25) is 0 Å². The van der Waals surface area contributed by atoms with Gasteiger partial charge in [0.25, 0.3) is 0 Å². The molecule has 0 fully saturated rings. The molecule has 33 heavy (non-hydrogen) atoms. The third-order valence-corrected chi connectivity index (χ3v) is 5.20. The lowest BCUT2D eigenvalue weighted by Crippen LogP contribution is -2.25. The van der Waals surface area contributed by atoms with Crippen LogP contribution in [0.3, 0.4) is 0 Å². The molecule has 0 unspecified atom stereocenters. The van der Waals surface area contributed by atoms with Crippen LogP contribution >= 0.6 is 0 Å². The van der Waals surface area contributed by atoms with E-state index in [4.69, 9.17) is 29.4 Å². The lowest BCUT2D eigenvalue weighted by molar-refractivity contribution is -0.139. The summed E-state index contributed by atoms with van der Waals surface area (Å²) in [5.74, 6) is 0.905. The first-order valence-corrected chi connectivity index (χ1v) is 10.3. The molecule has 1 aliphatic heterocycles. The zero-order chi connectivity index (χ0) is 24.0. The molecule has 1 atom stereocenters. The number of nitriles is 1. The van der Waals surface area contributed by atoms with Gasteiger partial charge in [0.15, 0.2) is 0 Å². The van der Waals surface area contributed by atoms with E-state index >= 15 is 0 Å². The quantitative estimate of drug-likeness (QED) is 0.602. The van der Waals surface area contributed by atoms with Gasteiger partial charge < -0.3 is 29.4 Å². The van der Waals surface area contributed by atoms with E-state index in [1.165, 1.54) is 0 Å². The molecule has 1 aliphatic rings. The third kappa shape index (κ3) is 5.04. The van der Waals surface area contributed by atoms with Crippen molar-refractivity contribution >= 4 is 5.97 Å². The molecule has 8 heteroatoms. The summed E-state index contributed by atoms with van der Waals surface area (Å²) in [6, 6.07) is 14.7. The molecule has 0 amide bonds. The predicted molar refractivity (Wildman–Crippen MR) is 120 cm³/mol. The second-order valence-electron chi connectivity index (χ2n) is 7.15. The topological polar surface area (TPSA) is 113 Å². The maximum atomic E-state index is 12.7. The number of hydrogen-bond donors (Lipinski definition) is 1. The zero-order valence-corrected chi connectivity index (χ0v) is 19.0. The van der Waals surface area contributed by atoms with E-state index in [1.54, 1.807) is 34.1 Å². The summed E-state index contributed by atoms with van der Waals surface area (Å²) in [6.07, 6.45) is 0. The number of ether oxygens (including phenoxy) is 5. The molecule has 0 radical (unpaired) electrons. The number of nitrogens with two attached hydrogens (primary N) is 1. The first-order valence-electron chi connectivity index (χ1n) is 10.3. The Morgan fingerprint density at radius 2 is 1.82 bits per heavy atom. The Bertz CT molecular complexity index is 1130. The molecule has 0 aliphatic carbocycles. The highest BCUT2D eigenvalue weighted by Crippen LogP contribution is 2.41. The van der Waals surface area contributed by atoms with E-state index in [2.05, 4.69) is 6.07 Å². The highest BCUT2D eigenvalue weighted by atomic mass is 16.5. The van der Waals surface area contributed by atoms with Gasteiger partial charge >= 0.3 is 5.97 Å². The minimum absolute atomic E-state index is 0.0427. The third-order valence-electron chi connectivity index (χ3n) is 5.20. The molecule has 172 valence electrons. The molecule has 8 nitrogen and oxygen atoms in total. The molecule has 0 spiro atoms. The van der Waals surface area contributed by atoms with E-state index in [-0.39, 0.29) is 30.2 Å². The number of methoxy groups -OCH3 is 2. The van der Waals surface area contributed by atoms with Crippen LogP contribution in [0.2, 0.25) is 0 Å². The Labute approximate surface area is 192 Å². The van der Waals surface area contributed by atoms with Crippen LogP contribution in [0.15, 0.2) is 65.3 Å². The fourth-order valence-corrected chi connectivity index (χ4v) is 3.58. The number of nitrogens with zero attached hydrogens (tertiary/aromatic N) is 1. The van der Waals surface area contributed by atoms with E-state index in [0.717, 1.165) is 11.3 Å². The van der Waals surface area contributed by atoms with Crippen LogP contribution in [0.4, 0.5) is 0 Å². The molecular formula is C25H26N2O6. The predicted octanol–water partition coefficient (Wildman–Crippen LogP) is 3.93. The number of carbonyl (C=O) groups is 1. The van der Waals surface area contributed by atoms with Gasteiger partial charge in [0.1, 0.15) is 41.3 Å². The van der Waals surface area contributed by atoms with Crippen LogP contribution < -0.4 is 19.9 Å². The summed E-state index contributed by atoms with van der Waals surface area (Å²) < 4.78 is 27.3. The normalized spacial score (nSPS) is 15.4. The van der Waals surface area contributed by atoms with Crippen molar-refractivity contribution in [3.05, 3.63) is 76.4 Å². The fourth-order valence-electron chi connectivity index (χ4n) is 3.58. The molecule has 0 bridgehead atoms. The monoisotopic (exact) mass is 450 g/mol. The minimum atomic E-state index is -0.742. The highest BCUT2D eigenvalue weighted by Gasteiger charge is 2.36. The molecule has 0 aromatic heterocycles. The fraction of sp³-hybridized carbons (Fsp3) is 0.280. The second-order valence-corrected chi connectivity index (χ2v) is 7.15. The van der Waals surface area contributed by atoms with Crippen LogP contribution in [0.25, 0.3) is 0 Å². The van der Waals surface area contributed by atoms with Gasteiger partial charge in [-0.15, -0.1) is 0 Å². The van der Waals surface area contributed by atoms with Gasteiger partial charge in [0.05, 0.1) is 32.3 Å². The Hall–Kier alpha value is -4.12. The maximum absolute atomic E-state index is 12.7. The Morgan fingerprint density at radius 3 is 2.42 bits per heavy atom. The van der Waals surface area contributed by atoms with Crippen LogP contribution in [-0.2, 0) is 20.9 Å². The van der Waals surface area contributed by atoms with Crippen molar-refractivity contribution in [3.63, 3.8) is 0 Å². The molecule has 3 rings (SSSR count). The van der Waals surface area contributed by atoms with Crippen molar-refractivity contribution in [3.8, 4) is 23.3 Å². The van der Waals surface area contributed by atoms with Crippen LogP contribution in [0.5, 0.6) is 17.2 Å². The number of hydrogen-bond acceptors (Lipinski definition) is 8. The smallest absolute Gasteiger partial charge is 0.338 e. The lowest BCUT2D eigenvalue weighted by Gasteiger charge is -2.27. The molecule has 0 saturated carbocycles. The Balaban J connectivity index is 1.94. The second kappa shape index (κ2) is 10.5. The number of rotatable bonds is 8. The zero-order valence-electron chi connectivity index (χ0n) is 19.0. The summed E-state index contributed by atoms with van der Waals surface area (Å²) in [7, 11) is 3.15. The molecule has 2 aromatic rings. The SMILES string of the molecule is CCOC(=O)C1=C(C)OC(N)=C(C#N)[C@H]1c1ccc(COc2ccc(OC)cc2)c(OC)c1. The Morgan fingerprint density at radius 1 is 1.12 bits per heavy atom. The average Bonchev–Trinajstić information content (AvgIpc) is 2.82. The van der Waals surface area contributed by atoms with Gasteiger partial charge in [0.2, 0.25) is 5.88 Å². The summed E-state index contributed by atoms with van der Waals surface area (Å²) in [5.41, 5.74) is 7.76. The van der Waals surface area contributed by atoms with E-state index in [1.807, 2.05) is 36.4 Å². The largest absolute Gasteiger partial charge is 0.497 e. The van der Waals surface area contributed by atoms with E-state index < -0.39 is 11.9 Å². The van der Waals surface area contributed by atoms with Crippen molar-refractivity contribution in [1.82, 2.24) is 0 Å². The van der Waals surface area contributed by atoms with Crippen molar-refractivity contribution < 1.29 is 28.5 Å². The molecule has 2 N–H and O–H groups in total. The van der Waals surface area contributed by atoms with Crippen molar-refractivity contribution in [1.29, 1.82) is 5.26 Å². The minimum Gasteiger partial charge on any atom is -0.497 e. The molecular weight excluding hydrogens is 424 g/mol. The summed E-state index contributed by atoms with van der Waals surface area (Å²) in [4.78, 5) is 12.7. The summed E-state index contributed by atoms with van der Waals surface area (Å²) in [6.45, 7) is 3.78. The summed E-state index contributed by atoms with van der Waals surface area (Å²) >= 11 is 0. The molecule has 0 saturated heterocycles. The van der Waals surface area contributed by atoms with Crippen molar-refractivity contribution in [2.45, 2.75) is 26.4 Å². The van der Waals surface area contributed by atoms with Crippen LogP contribution in [0, 0.1) is 11.3 Å². The van der Waals surface area contributed by atoms with Gasteiger partial charge in [0, 0.05) is 5.56 Å². The standard InChI is InChI=1S/C25H26N2O6/c1-5-31-25(28)22-15(2)33-24(27)20(13-26)23(22)16-6-7-17(21(12-16)30-4)14-32-19-10-8-18(29-3)9-11-19/h6-12,23H,5,14,27H2,1-4H3/t23-/m1/s1. The van der Waals surface area contributed by atoms with E-state index in [9.17, 15) is 10.1 Å².